The number of hydrazine groups is 1. The van der Waals surface area contributed by atoms with E-state index < -0.39 is 23.8 Å². The van der Waals surface area contributed by atoms with E-state index in [1.807, 2.05) is 6.92 Å². The van der Waals surface area contributed by atoms with Gasteiger partial charge in [-0.2, -0.15) is 0 Å². The lowest BCUT2D eigenvalue weighted by Gasteiger charge is -2.15. The summed E-state index contributed by atoms with van der Waals surface area (Å²) in [6.45, 7) is 3.64. The smallest absolute Gasteiger partial charge is 0.279 e. The molecule has 0 aliphatic carbocycles. The Hall–Kier alpha value is -3.26. The largest absolute Gasteiger partial charge is 0.494 e. The lowest BCUT2D eigenvalue weighted by Crippen LogP contribution is -2.50. The molecular formula is C20H22ClN3O5. The first kappa shape index (κ1) is 22.0. The SMILES string of the molecule is CCOc1ccc(O[C@H](C)C(=O)NNC(=O)CNC(=O)c2ccccc2Cl)cc1. The lowest BCUT2D eigenvalue weighted by molar-refractivity contribution is -0.132. The summed E-state index contributed by atoms with van der Waals surface area (Å²) in [4.78, 5) is 35.9. The van der Waals surface area contributed by atoms with E-state index in [2.05, 4.69) is 16.2 Å². The minimum Gasteiger partial charge on any atom is -0.494 e. The highest BCUT2D eigenvalue weighted by atomic mass is 35.5. The van der Waals surface area contributed by atoms with Gasteiger partial charge in [0.2, 0.25) is 0 Å². The minimum atomic E-state index is -0.856. The number of ether oxygens (including phenoxy) is 2. The standard InChI is InChI=1S/C20H22ClN3O5/c1-3-28-14-8-10-15(11-9-14)29-13(2)19(26)24-23-18(25)12-22-20(27)16-6-4-5-7-17(16)21/h4-11,13H,3,12H2,1-2H3,(H,22,27)(H,23,25)(H,24,26)/t13-/m1/s1. The van der Waals surface area contributed by atoms with Gasteiger partial charge >= 0.3 is 0 Å². The average molecular weight is 420 g/mol. The normalized spacial score (nSPS) is 11.1. The predicted octanol–water partition coefficient (Wildman–Crippen LogP) is 2.08. The van der Waals surface area contributed by atoms with E-state index in [1.165, 1.54) is 13.0 Å². The Labute approximate surface area is 173 Å². The third-order valence-electron chi connectivity index (χ3n) is 3.67. The van der Waals surface area contributed by atoms with Crippen molar-refractivity contribution >= 4 is 29.3 Å². The Morgan fingerprint density at radius 1 is 1.00 bits per heavy atom. The van der Waals surface area contributed by atoms with E-state index in [-0.39, 0.29) is 17.1 Å². The molecule has 3 amide bonds. The predicted molar refractivity (Wildman–Crippen MR) is 108 cm³/mol. The highest BCUT2D eigenvalue weighted by Crippen LogP contribution is 2.18. The molecule has 0 aliphatic rings. The van der Waals surface area contributed by atoms with E-state index in [4.69, 9.17) is 21.1 Å². The fourth-order valence-electron chi connectivity index (χ4n) is 2.22. The fourth-order valence-corrected chi connectivity index (χ4v) is 2.44. The van der Waals surface area contributed by atoms with Crippen molar-refractivity contribution in [2.45, 2.75) is 20.0 Å². The maximum atomic E-state index is 12.0. The van der Waals surface area contributed by atoms with Crippen LogP contribution in [0.3, 0.4) is 0 Å². The first-order valence-corrected chi connectivity index (χ1v) is 9.29. The van der Waals surface area contributed by atoms with Crippen LogP contribution >= 0.6 is 11.6 Å². The molecule has 8 nitrogen and oxygen atoms in total. The molecule has 29 heavy (non-hydrogen) atoms. The highest BCUT2D eigenvalue weighted by Gasteiger charge is 2.16. The fraction of sp³-hybridized carbons (Fsp3) is 0.250. The quantitative estimate of drug-likeness (QED) is 0.568. The van der Waals surface area contributed by atoms with Gasteiger partial charge in [0.15, 0.2) is 6.10 Å². The van der Waals surface area contributed by atoms with Crippen molar-refractivity contribution in [3.05, 3.63) is 59.1 Å². The van der Waals surface area contributed by atoms with Crippen molar-refractivity contribution in [1.82, 2.24) is 16.2 Å². The number of carbonyl (C=O) groups is 3. The zero-order valence-corrected chi connectivity index (χ0v) is 16.8. The van der Waals surface area contributed by atoms with E-state index in [1.54, 1.807) is 42.5 Å². The van der Waals surface area contributed by atoms with Crippen LogP contribution in [0.1, 0.15) is 24.2 Å². The Morgan fingerprint density at radius 3 is 2.31 bits per heavy atom. The number of amides is 3. The minimum absolute atomic E-state index is 0.253. The number of hydrogen-bond acceptors (Lipinski definition) is 5. The summed E-state index contributed by atoms with van der Waals surface area (Å²) in [7, 11) is 0. The van der Waals surface area contributed by atoms with Gasteiger partial charge in [0.25, 0.3) is 17.7 Å². The van der Waals surface area contributed by atoms with Crippen molar-refractivity contribution in [2.75, 3.05) is 13.2 Å². The molecule has 9 heteroatoms. The van der Waals surface area contributed by atoms with Gasteiger partial charge in [0.1, 0.15) is 11.5 Å². The summed E-state index contributed by atoms with van der Waals surface area (Å²) >= 11 is 5.92. The molecule has 1 atom stereocenters. The van der Waals surface area contributed by atoms with Gasteiger partial charge in [-0.25, -0.2) is 0 Å². The van der Waals surface area contributed by atoms with Crippen molar-refractivity contribution < 1.29 is 23.9 Å². The van der Waals surface area contributed by atoms with Crippen molar-refractivity contribution in [3.63, 3.8) is 0 Å². The number of carbonyl (C=O) groups excluding carboxylic acids is 3. The second kappa shape index (κ2) is 10.9. The monoisotopic (exact) mass is 419 g/mol. The summed E-state index contributed by atoms with van der Waals surface area (Å²) in [5.41, 5.74) is 4.71. The zero-order chi connectivity index (χ0) is 21.2. The molecular weight excluding hydrogens is 398 g/mol. The molecule has 0 aromatic heterocycles. The molecule has 0 aliphatic heterocycles. The van der Waals surface area contributed by atoms with E-state index >= 15 is 0 Å². The van der Waals surface area contributed by atoms with Crippen molar-refractivity contribution in [3.8, 4) is 11.5 Å². The Bertz CT molecular complexity index is 857. The molecule has 0 heterocycles. The number of rotatable bonds is 8. The Morgan fingerprint density at radius 2 is 1.66 bits per heavy atom. The molecule has 3 N–H and O–H groups in total. The molecule has 0 unspecified atom stereocenters. The maximum Gasteiger partial charge on any atom is 0.279 e. The first-order valence-electron chi connectivity index (χ1n) is 8.91. The van der Waals surface area contributed by atoms with Gasteiger partial charge in [-0.05, 0) is 50.2 Å². The highest BCUT2D eigenvalue weighted by molar-refractivity contribution is 6.33. The first-order chi connectivity index (χ1) is 13.9. The summed E-state index contributed by atoms with van der Waals surface area (Å²) in [5, 5.41) is 2.69. The summed E-state index contributed by atoms with van der Waals surface area (Å²) < 4.78 is 10.8. The van der Waals surface area contributed by atoms with Crippen molar-refractivity contribution in [1.29, 1.82) is 0 Å². The Balaban J connectivity index is 1.74. The van der Waals surface area contributed by atoms with Crippen LogP contribution in [0, 0.1) is 0 Å². The topological polar surface area (TPSA) is 106 Å². The second-order valence-electron chi connectivity index (χ2n) is 5.86. The summed E-state index contributed by atoms with van der Waals surface area (Å²) in [6, 6.07) is 13.3. The molecule has 2 aromatic rings. The van der Waals surface area contributed by atoms with Gasteiger partial charge < -0.3 is 14.8 Å². The van der Waals surface area contributed by atoms with Crippen LogP contribution in [-0.2, 0) is 9.59 Å². The molecule has 0 bridgehead atoms. The van der Waals surface area contributed by atoms with Crippen molar-refractivity contribution in [2.24, 2.45) is 0 Å². The number of benzene rings is 2. The molecule has 154 valence electrons. The van der Waals surface area contributed by atoms with Gasteiger partial charge in [-0.1, -0.05) is 23.7 Å². The number of halogens is 1. The van der Waals surface area contributed by atoms with Crippen LogP contribution in [0.25, 0.3) is 0 Å². The molecule has 0 radical (unpaired) electrons. The molecule has 2 aromatic carbocycles. The third kappa shape index (κ3) is 7.00. The summed E-state index contributed by atoms with van der Waals surface area (Å²) in [5.74, 6) is -0.474. The Kier molecular flexibility index (Phi) is 8.29. The molecule has 2 rings (SSSR count). The van der Waals surface area contributed by atoms with Gasteiger partial charge in [0, 0.05) is 0 Å². The molecule has 0 saturated heterocycles. The van der Waals surface area contributed by atoms with Gasteiger partial charge in [-0.3, -0.25) is 25.2 Å². The molecule has 0 fully saturated rings. The van der Waals surface area contributed by atoms with E-state index in [0.717, 1.165) is 0 Å². The summed E-state index contributed by atoms with van der Waals surface area (Å²) in [6.07, 6.45) is -0.856. The van der Waals surface area contributed by atoms with Crippen LogP contribution < -0.4 is 25.6 Å². The zero-order valence-electron chi connectivity index (χ0n) is 16.0. The number of hydrogen-bond donors (Lipinski definition) is 3. The number of nitrogens with one attached hydrogen (secondary N) is 3. The van der Waals surface area contributed by atoms with Crippen LogP contribution in [0.15, 0.2) is 48.5 Å². The van der Waals surface area contributed by atoms with Crippen LogP contribution in [0.2, 0.25) is 5.02 Å². The third-order valence-corrected chi connectivity index (χ3v) is 4.00. The van der Waals surface area contributed by atoms with Crippen LogP contribution in [0.5, 0.6) is 11.5 Å². The van der Waals surface area contributed by atoms with Gasteiger partial charge in [0.05, 0.1) is 23.7 Å². The average Bonchev–Trinajstić information content (AvgIpc) is 2.72. The van der Waals surface area contributed by atoms with Crippen LogP contribution in [0.4, 0.5) is 0 Å². The maximum absolute atomic E-state index is 12.0. The van der Waals surface area contributed by atoms with E-state index in [0.29, 0.717) is 18.1 Å². The molecule has 0 saturated carbocycles. The van der Waals surface area contributed by atoms with Crippen LogP contribution in [-0.4, -0.2) is 37.0 Å². The second-order valence-corrected chi connectivity index (χ2v) is 6.27. The van der Waals surface area contributed by atoms with E-state index in [9.17, 15) is 14.4 Å². The van der Waals surface area contributed by atoms with Gasteiger partial charge in [-0.15, -0.1) is 0 Å². The molecule has 0 spiro atoms. The lowest BCUT2D eigenvalue weighted by atomic mass is 10.2.